The molecule has 1 aromatic heterocycles. The second-order valence-electron chi connectivity index (χ2n) is 8.65. The van der Waals surface area contributed by atoms with Gasteiger partial charge in [-0.2, -0.15) is 0 Å². The van der Waals surface area contributed by atoms with E-state index in [1.807, 2.05) is 12.1 Å². The molecule has 0 spiro atoms. The second kappa shape index (κ2) is 6.22. The number of anilines is 3. The van der Waals surface area contributed by atoms with Gasteiger partial charge >= 0.3 is 0 Å². The van der Waals surface area contributed by atoms with E-state index in [4.69, 9.17) is 5.73 Å². The van der Waals surface area contributed by atoms with Gasteiger partial charge < -0.3 is 16.4 Å². The van der Waals surface area contributed by atoms with Gasteiger partial charge in [0.2, 0.25) is 5.95 Å². The normalized spacial score (nSPS) is 28.1. The van der Waals surface area contributed by atoms with Crippen molar-refractivity contribution in [3.63, 3.8) is 0 Å². The van der Waals surface area contributed by atoms with Crippen LogP contribution in [0.5, 0.6) is 0 Å². The quantitative estimate of drug-likeness (QED) is 0.718. The highest BCUT2D eigenvalue weighted by Gasteiger charge is 2.61. The third-order valence-corrected chi connectivity index (χ3v) is 7.15. The smallest absolute Gasteiger partial charge is 0.270 e. The summed E-state index contributed by atoms with van der Waals surface area (Å²) in [6.07, 6.45) is 5.09. The Bertz CT molecular complexity index is 863. The number of nitrogens with two attached hydrogens (primary N) is 1. The Morgan fingerprint density at radius 2 is 1.93 bits per heavy atom. The zero-order chi connectivity index (χ0) is 19.2. The monoisotopic (exact) mass is 365 g/mol. The molecule has 2 bridgehead atoms. The van der Waals surface area contributed by atoms with Crippen molar-refractivity contribution in [2.75, 3.05) is 11.1 Å². The highest BCUT2D eigenvalue weighted by atomic mass is 16.2. The summed E-state index contributed by atoms with van der Waals surface area (Å²) in [7, 11) is 0. The van der Waals surface area contributed by atoms with Crippen molar-refractivity contribution in [3.05, 3.63) is 42.2 Å². The summed E-state index contributed by atoms with van der Waals surface area (Å²) in [5, 5.41) is 6.36. The third-order valence-electron chi connectivity index (χ3n) is 7.15. The fraction of sp³-hybridized carbons (Fsp3) is 0.476. The van der Waals surface area contributed by atoms with Gasteiger partial charge in [0.1, 0.15) is 5.69 Å². The van der Waals surface area contributed by atoms with Crippen LogP contribution in [0.3, 0.4) is 0 Å². The van der Waals surface area contributed by atoms with Crippen molar-refractivity contribution < 1.29 is 4.79 Å². The summed E-state index contributed by atoms with van der Waals surface area (Å²) in [5.41, 5.74) is 8.01. The maximum atomic E-state index is 12.8. The first-order valence-corrected chi connectivity index (χ1v) is 9.56. The van der Waals surface area contributed by atoms with Crippen LogP contribution in [-0.4, -0.2) is 21.9 Å². The Morgan fingerprint density at radius 1 is 1.19 bits per heavy atom. The van der Waals surface area contributed by atoms with E-state index >= 15 is 0 Å². The first-order valence-electron chi connectivity index (χ1n) is 9.56. The number of fused-ring (bicyclic) bond motifs is 2. The molecule has 0 saturated heterocycles. The summed E-state index contributed by atoms with van der Waals surface area (Å²) < 4.78 is 0. The van der Waals surface area contributed by atoms with E-state index in [2.05, 4.69) is 41.4 Å². The zero-order valence-corrected chi connectivity index (χ0v) is 16.1. The first kappa shape index (κ1) is 17.8. The summed E-state index contributed by atoms with van der Waals surface area (Å²) in [6.45, 7) is 7.01. The molecule has 2 aliphatic rings. The SMILES string of the molecule is CC1(C)C2CCC1(C)C(NC(=O)c1ccnc(Nc3ccc(N)cc3)n1)C2. The lowest BCUT2D eigenvalue weighted by molar-refractivity contribution is 0.0821. The fourth-order valence-electron chi connectivity index (χ4n) is 4.90. The number of nitrogens with one attached hydrogen (secondary N) is 2. The second-order valence-corrected chi connectivity index (χ2v) is 8.65. The molecule has 1 heterocycles. The molecule has 2 aromatic rings. The van der Waals surface area contributed by atoms with Crippen LogP contribution in [0.25, 0.3) is 0 Å². The molecule has 6 nitrogen and oxygen atoms in total. The summed E-state index contributed by atoms with van der Waals surface area (Å²) >= 11 is 0. The zero-order valence-electron chi connectivity index (χ0n) is 16.1. The number of amides is 1. The summed E-state index contributed by atoms with van der Waals surface area (Å²) in [5.74, 6) is 0.945. The lowest BCUT2D eigenvalue weighted by atomic mass is 9.69. The number of aromatic nitrogens is 2. The Labute approximate surface area is 160 Å². The molecule has 2 aliphatic carbocycles. The van der Waals surface area contributed by atoms with Gasteiger partial charge in [-0.25, -0.2) is 9.97 Å². The number of carbonyl (C=O) groups excluding carboxylic acids is 1. The summed E-state index contributed by atoms with van der Waals surface area (Å²) in [4.78, 5) is 21.4. The van der Waals surface area contributed by atoms with E-state index in [1.54, 1.807) is 24.4 Å². The number of carbonyl (C=O) groups is 1. The minimum atomic E-state index is -0.132. The van der Waals surface area contributed by atoms with Gasteiger partial charge in [-0.1, -0.05) is 20.8 Å². The van der Waals surface area contributed by atoms with Crippen molar-refractivity contribution in [1.82, 2.24) is 15.3 Å². The fourth-order valence-corrected chi connectivity index (χ4v) is 4.90. The predicted molar refractivity (Wildman–Crippen MR) is 107 cm³/mol. The summed E-state index contributed by atoms with van der Waals surface area (Å²) in [6, 6.07) is 9.16. The third kappa shape index (κ3) is 2.93. The molecule has 1 aromatic carbocycles. The van der Waals surface area contributed by atoms with Crippen molar-refractivity contribution >= 4 is 23.2 Å². The number of rotatable bonds is 4. The number of benzene rings is 1. The van der Waals surface area contributed by atoms with Crippen LogP contribution >= 0.6 is 0 Å². The first-order chi connectivity index (χ1) is 12.8. The molecule has 27 heavy (non-hydrogen) atoms. The number of nitrogens with zero attached hydrogens (tertiary/aromatic N) is 2. The molecule has 2 fully saturated rings. The molecule has 4 N–H and O–H groups in total. The minimum Gasteiger partial charge on any atom is -0.399 e. The van der Waals surface area contributed by atoms with Crippen LogP contribution in [0, 0.1) is 16.7 Å². The molecule has 3 atom stereocenters. The van der Waals surface area contributed by atoms with Crippen molar-refractivity contribution in [2.24, 2.45) is 16.7 Å². The van der Waals surface area contributed by atoms with Gasteiger partial charge in [0, 0.05) is 23.6 Å². The molecule has 1 amide bonds. The van der Waals surface area contributed by atoms with Gasteiger partial charge in [-0.05, 0) is 66.3 Å². The van der Waals surface area contributed by atoms with Crippen molar-refractivity contribution in [1.29, 1.82) is 0 Å². The molecule has 2 saturated carbocycles. The lowest BCUT2D eigenvalue weighted by Crippen LogP contribution is -2.47. The predicted octanol–water partition coefficient (Wildman–Crippen LogP) is 3.75. The minimum absolute atomic E-state index is 0.132. The maximum Gasteiger partial charge on any atom is 0.270 e. The van der Waals surface area contributed by atoms with E-state index in [1.165, 1.54) is 12.8 Å². The topological polar surface area (TPSA) is 92.9 Å². The van der Waals surface area contributed by atoms with E-state index in [9.17, 15) is 4.79 Å². The Hall–Kier alpha value is -2.63. The lowest BCUT2D eigenvalue weighted by Gasteiger charge is -2.39. The van der Waals surface area contributed by atoms with Crippen LogP contribution in [0.15, 0.2) is 36.5 Å². The molecule has 3 unspecified atom stereocenters. The van der Waals surface area contributed by atoms with Gasteiger partial charge in [0.05, 0.1) is 0 Å². The molecule has 0 aliphatic heterocycles. The molecule has 6 heteroatoms. The van der Waals surface area contributed by atoms with Crippen LogP contribution in [-0.2, 0) is 0 Å². The Kier molecular flexibility index (Phi) is 4.09. The number of nitrogen functional groups attached to an aromatic ring is 1. The van der Waals surface area contributed by atoms with E-state index < -0.39 is 0 Å². The van der Waals surface area contributed by atoms with Crippen LogP contribution in [0.4, 0.5) is 17.3 Å². The van der Waals surface area contributed by atoms with E-state index in [-0.39, 0.29) is 22.8 Å². The Balaban J connectivity index is 1.48. The largest absolute Gasteiger partial charge is 0.399 e. The standard InChI is InChI=1S/C21H27N5O/c1-20(2)13-8-10-21(20,3)17(12-13)26-18(27)16-9-11-23-19(25-16)24-15-6-4-14(22)5-7-15/h4-7,9,11,13,17H,8,10,12,22H2,1-3H3,(H,26,27)(H,23,24,25). The molecule has 4 rings (SSSR count). The highest BCUT2D eigenvalue weighted by Crippen LogP contribution is 2.65. The highest BCUT2D eigenvalue weighted by molar-refractivity contribution is 5.92. The average Bonchev–Trinajstić information content (AvgIpc) is 2.97. The van der Waals surface area contributed by atoms with Gasteiger partial charge in [0.25, 0.3) is 5.91 Å². The van der Waals surface area contributed by atoms with Gasteiger partial charge in [-0.15, -0.1) is 0 Å². The van der Waals surface area contributed by atoms with Crippen LogP contribution < -0.4 is 16.4 Å². The number of hydrogen-bond acceptors (Lipinski definition) is 5. The van der Waals surface area contributed by atoms with Gasteiger partial charge in [0.15, 0.2) is 0 Å². The van der Waals surface area contributed by atoms with Crippen LogP contribution in [0.1, 0.15) is 50.5 Å². The number of hydrogen-bond donors (Lipinski definition) is 3. The Morgan fingerprint density at radius 3 is 2.56 bits per heavy atom. The van der Waals surface area contributed by atoms with Crippen molar-refractivity contribution in [2.45, 2.75) is 46.1 Å². The molecular weight excluding hydrogens is 338 g/mol. The van der Waals surface area contributed by atoms with Gasteiger partial charge in [-0.3, -0.25) is 4.79 Å². The van der Waals surface area contributed by atoms with Crippen molar-refractivity contribution in [3.8, 4) is 0 Å². The molecule has 0 radical (unpaired) electrons. The maximum absolute atomic E-state index is 12.8. The molecular formula is C21H27N5O. The van der Waals surface area contributed by atoms with E-state index in [0.717, 1.165) is 12.1 Å². The average molecular weight is 365 g/mol. The van der Waals surface area contributed by atoms with E-state index in [0.29, 0.717) is 23.2 Å². The molecule has 142 valence electrons. The van der Waals surface area contributed by atoms with Crippen LogP contribution in [0.2, 0.25) is 0 Å².